The van der Waals surface area contributed by atoms with E-state index in [2.05, 4.69) is 0 Å². The number of rotatable bonds is 2. The summed E-state index contributed by atoms with van der Waals surface area (Å²) in [6.07, 6.45) is 3.56. The first-order valence-electron chi connectivity index (χ1n) is 5.15. The van der Waals surface area contributed by atoms with Gasteiger partial charge in [-0.25, -0.2) is 4.79 Å². The minimum absolute atomic E-state index is 0.198. The molecule has 1 heterocycles. The van der Waals surface area contributed by atoms with Crippen LogP contribution in [0.5, 0.6) is 5.75 Å². The van der Waals surface area contributed by atoms with E-state index in [1.165, 1.54) is 7.11 Å². The molecule has 0 radical (unpaired) electrons. The Hall–Kier alpha value is -2.23. The number of aryl methyl sites for hydroxylation is 1. The van der Waals surface area contributed by atoms with Crippen molar-refractivity contribution in [1.82, 2.24) is 4.57 Å². The number of aromatic hydroxyl groups is 1. The van der Waals surface area contributed by atoms with Crippen LogP contribution >= 0.6 is 0 Å². The van der Waals surface area contributed by atoms with Crippen LogP contribution in [0.1, 0.15) is 10.4 Å². The maximum atomic E-state index is 11.6. The van der Waals surface area contributed by atoms with Crippen LogP contribution in [0.4, 0.5) is 0 Å². The molecule has 4 nitrogen and oxygen atoms in total. The number of methoxy groups -OCH3 is 1. The maximum Gasteiger partial charge on any atom is 0.340 e. The van der Waals surface area contributed by atoms with Crippen LogP contribution in [-0.2, 0) is 11.8 Å². The molecule has 0 fully saturated rings. The second kappa shape index (κ2) is 4.33. The zero-order chi connectivity index (χ0) is 12.4. The van der Waals surface area contributed by atoms with Gasteiger partial charge in [0, 0.05) is 25.0 Å². The van der Waals surface area contributed by atoms with Crippen LogP contribution in [0.3, 0.4) is 0 Å². The highest BCUT2D eigenvalue weighted by molar-refractivity contribution is 5.97. The average Bonchev–Trinajstić information content (AvgIpc) is 2.71. The van der Waals surface area contributed by atoms with Crippen LogP contribution in [-0.4, -0.2) is 22.8 Å². The quantitative estimate of drug-likeness (QED) is 0.806. The molecule has 1 N–H and O–H groups in total. The van der Waals surface area contributed by atoms with Gasteiger partial charge in [-0.1, -0.05) is 12.1 Å². The summed E-state index contributed by atoms with van der Waals surface area (Å²) < 4.78 is 6.53. The maximum absolute atomic E-state index is 11.6. The van der Waals surface area contributed by atoms with E-state index < -0.39 is 0 Å². The van der Waals surface area contributed by atoms with Crippen LogP contribution < -0.4 is 0 Å². The molecule has 2 aromatic rings. The van der Waals surface area contributed by atoms with Gasteiger partial charge in [0.2, 0.25) is 0 Å². The molecule has 2 rings (SSSR count). The van der Waals surface area contributed by atoms with Gasteiger partial charge in [0.05, 0.1) is 12.7 Å². The van der Waals surface area contributed by atoms with Crippen molar-refractivity contribution in [1.29, 1.82) is 0 Å². The van der Waals surface area contributed by atoms with E-state index in [-0.39, 0.29) is 11.7 Å². The van der Waals surface area contributed by atoms with E-state index in [4.69, 9.17) is 4.74 Å². The lowest BCUT2D eigenvalue weighted by atomic mass is 10.0. The molecule has 0 saturated carbocycles. The first-order chi connectivity index (χ1) is 8.11. The van der Waals surface area contributed by atoms with E-state index in [9.17, 15) is 9.90 Å². The smallest absolute Gasteiger partial charge is 0.340 e. The number of benzene rings is 1. The monoisotopic (exact) mass is 231 g/mol. The van der Waals surface area contributed by atoms with Gasteiger partial charge in [-0.15, -0.1) is 0 Å². The number of nitrogens with zero attached hydrogens (tertiary/aromatic N) is 1. The SMILES string of the molecule is COC(=O)c1cn(C)cc1-c1ccc(O)cc1. The fraction of sp³-hybridized carbons (Fsp3) is 0.154. The summed E-state index contributed by atoms with van der Waals surface area (Å²) >= 11 is 0. The normalized spacial score (nSPS) is 10.2. The molecule has 0 atom stereocenters. The lowest BCUT2D eigenvalue weighted by Gasteiger charge is -2.02. The largest absolute Gasteiger partial charge is 0.508 e. The van der Waals surface area contributed by atoms with Gasteiger partial charge in [0.15, 0.2) is 0 Å². The van der Waals surface area contributed by atoms with Gasteiger partial charge < -0.3 is 14.4 Å². The summed E-state index contributed by atoms with van der Waals surface area (Å²) in [5.74, 6) is -0.169. The number of phenolic OH excluding ortho intramolecular Hbond substituents is 1. The Bertz CT molecular complexity index is 540. The molecule has 17 heavy (non-hydrogen) atoms. The molecule has 0 aliphatic rings. The second-order valence-electron chi connectivity index (χ2n) is 3.79. The first kappa shape index (κ1) is 11.3. The van der Waals surface area contributed by atoms with Crippen molar-refractivity contribution in [2.75, 3.05) is 7.11 Å². The number of aromatic nitrogens is 1. The van der Waals surface area contributed by atoms with E-state index >= 15 is 0 Å². The van der Waals surface area contributed by atoms with Crippen molar-refractivity contribution in [3.05, 3.63) is 42.2 Å². The zero-order valence-electron chi connectivity index (χ0n) is 9.68. The number of phenols is 1. The number of esters is 1. The Morgan fingerprint density at radius 3 is 2.47 bits per heavy atom. The summed E-state index contributed by atoms with van der Waals surface area (Å²) in [7, 11) is 3.20. The number of hydrogen-bond acceptors (Lipinski definition) is 3. The highest BCUT2D eigenvalue weighted by Gasteiger charge is 2.15. The summed E-state index contributed by atoms with van der Waals surface area (Å²) in [5.41, 5.74) is 2.17. The molecule has 1 aromatic carbocycles. The Morgan fingerprint density at radius 2 is 1.88 bits per heavy atom. The highest BCUT2D eigenvalue weighted by Crippen LogP contribution is 2.26. The van der Waals surface area contributed by atoms with Gasteiger partial charge in [-0.05, 0) is 17.7 Å². The zero-order valence-corrected chi connectivity index (χ0v) is 9.68. The Labute approximate surface area is 99.1 Å². The third-order valence-electron chi connectivity index (χ3n) is 2.54. The molecular formula is C13H13NO3. The number of carbonyl (C=O) groups excluding carboxylic acids is 1. The third-order valence-corrected chi connectivity index (χ3v) is 2.54. The lowest BCUT2D eigenvalue weighted by molar-refractivity contribution is 0.0601. The van der Waals surface area contributed by atoms with E-state index in [0.717, 1.165) is 11.1 Å². The Balaban J connectivity index is 2.51. The predicted octanol–water partition coefficient (Wildman–Crippen LogP) is 2.18. The minimum atomic E-state index is -0.367. The fourth-order valence-electron chi connectivity index (χ4n) is 1.73. The number of ether oxygens (including phenoxy) is 1. The molecule has 88 valence electrons. The molecule has 0 bridgehead atoms. The van der Waals surface area contributed by atoms with Crippen molar-refractivity contribution < 1.29 is 14.6 Å². The van der Waals surface area contributed by atoms with Crippen LogP contribution in [0.2, 0.25) is 0 Å². The number of hydrogen-bond donors (Lipinski definition) is 1. The highest BCUT2D eigenvalue weighted by atomic mass is 16.5. The Morgan fingerprint density at radius 1 is 1.24 bits per heavy atom. The fourth-order valence-corrected chi connectivity index (χ4v) is 1.73. The van der Waals surface area contributed by atoms with Gasteiger partial charge in [-0.2, -0.15) is 0 Å². The molecule has 1 aromatic heterocycles. The van der Waals surface area contributed by atoms with Gasteiger partial charge in [0.25, 0.3) is 0 Å². The van der Waals surface area contributed by atoms with Crippen LogP contribution in [0, 0.1) is 0 Å². The van der Waals surface area contributed by atoms with E-state index in [1.807, 2.05) is 13.2 Å². The Kier molecular flexibility index (Phi) is 2.87. The van der Waals surface area contributed by atoms with Crippen molar-refractivity contribution >= 4 is 5.97 Å². The molecule has 4 heteroatoms. The van der Waals surface area contributed by atoms with Crippen LogP contribution in [0.25, 0.3) is 11.1 Å². The molecule has 0 aliphatic heterocycles. The van der Waals surface area contributed by atoms with Gasteiger partial charge in [0.1, 0.15) is 5.75 Å². The van der Waals surface area contributed by atoms with Crippen molar-refractivity contribution in [2.24, 2.45) is 7.05 Å². The predicted molar refractivity (Wildman–Crippen MR) is 63.9 cm³/mol. The summed E-state index contributed by atoms with van der Waals surface area (Å²) in [4.78, 5) is 11.6. The molecule has 0 unspecified atom stereocenters. The molecule has 0 aliphatic carbocycles. The third kappa shape index (κ3) is 2.15. The topological polar surface area (TPSA) is 51.5 Å². The van der Waals surface area contributed by atoms with Crippen LogP contribution in [0.15, 0.2) is 36.7 Å². The summed E-state index contributed by atoms with van der Waals surface area (Å²) in [6, 6.07) is 6.70. The molecule has 0 saturated heterocycles. The molecule has 0 spiro atoms. The summed E-state index contributed by atoms with van der Waals surface area (Å²) in [6.45, 7) is 0. The minimum Gasteiger partial charge on any atom is -0.508 e. The first-order valence-corrected chi connectivity index (χ1v) is 5.15. The standard InChI is InChI=1S/C13H13NO3/c1-14-7-11(12(8-14)13(16)17-2)9-3-5-10(15)6-4-9/h3-8,15H,1-2H3. The molecule has 0 amide bonds. The van der Waals surface area contributed by atoms with Gasteiger partial charge in [-0.3, -0.25) is 0 Å². The van der Waals surface area contributed by atoms with Crippen molar-refractivity contribution in [3.8, 4) is 16.9 Å². The van der Waals surface area contributed by atoms with Crippen molar-refractivity contribution in [2.45, 2.75) is 0 Å². The van der Waals surface area contributed by atoms with E-state index in [1.54, 1.807) is 35.0 Å². The number of carbonyl (C=O) groups is 1. The van der Waals surface area contributed by atoms with E-state index in [0.29, 0.717) is 5.56 Å². The second-order valence-corrected chi connectivity index (χ2v) is 3.79. The van der Waals surface area contributed by atoms with Gasteiger partial charge >= 0.3 is 5.97 Å². The lowest BCUT2D eigenvalue weighted by Crippen LogP contribution is -2.01. The average molecular weight is 231 g/mol. The summed E-state index contributed by atoms with van der Waals surface area (Å²) in [5, 5.41) is 9.24. The van der Waals surface area contributed by atoms with Crippen molar-refractivity contribution in [3.63, 3.8) is 0 Å². The molecular weight excluding hydrogens is 218 g/mol.